The van der Waals surface area contributed by atoms with Gasteiger partial charge in [-0.05, 0) is 44.1 Å². The van der Waals surface area contributed by atoms with Crippen LogP contribution in [0.15, 0.2) is 30.3 Å². The Hall–Kier alpha value is -1.01. The van der Waals surface area contributed by atoms with Crippen molar-refractivity contribution in [3.63, 3.8) is 0 Å². The molecule has 110 valence electrons. The third kappa shape index (κ3) is 5.17. The zero-order chi connectivity index (χ0) is 13.6. The second-order valence-electron chi connectivity index (χ2n) is 5.58. The Morgan fingerprint density at radius 1 is 1.10 bits per heavy atom. The van der Waals surface area contributed by atoms with E-state index in [-0.39, 0.29) is 12.4 Å². The van der Waals surface area contributed by atoms with E-state index in [4.69, 9.17) is 0 Å². The fraction of sp³-hybridized carbons (Fsp3) is 0.529. The Morgan fingerprint density at radius 2 is 1.70 bits per heavy atom. The van der Waals surface area contributed by atoms with Gasteiger partial charge in [0.25, 0.3) is 0 Å². The summed E-state index contributed by atoms with van der Waals surface area (Å²) < 4.78 is 0. The van der Waals surface area contributed by atoms with Crippen LogP contribution in [-0.2, 0) is 5.60 Å². The molecule has 0 radical (unpaired) electrons. The molecule has 1 heterocycles. The molecule has 20 heavy (non-hydrogen) atoms. The standard InChI is InChI=1S/C17H23NO.ClH/c1-17(19,16-10-5-4-6-11-16)12-9-15-18-13-7-2-3-8-14-18;/h4-6,10-11,19H,2-3,7-8,13-15H2,1H3;1H. The third-order valence-electron chi connectivity index (χ3n) is 3.82. The van der Waals surface area contributed by atoms with Crippen LogP contribution in [0.5, 0.6) is 0 Å². The molecule has 1 fully saturated rings. The van der Waals surface area contributed by atoms with Crippen molar-refractivity contribution in [2.75, 3.05) is 19.6 Å². The second-order valence-corrected chi connectivity index (χ2v) is 5.58. The molecular weight excluding hydrogens is 270 g/mol. The summed E-state index contributed by atoms with van der Waals surface area (Å²) in [6.07, 6.45) is 5.34. The van der Waals surface area contributed by atoms with Gasteiger partial charge in [0, 0.05) is 0 Å². The van der Waals surface area contributed by atoms with Gasteiger partial charge in [0.15, 0.2) is 0 Å². The van der Waals surface area contributed by atoms with Crippen LogP contribution < -0.4 is 17.3 Å². The highest BCUT2D eigenvalue weighted by atomic mass is 35.5. The van der Waals surface area contributed by atoms with Crippen molar-refractivity contribution in [2.45, 2.75) is 38.2 Å². The average Bonchev–Trinajstić information content (AvgIpc) is 2.68. The molecule has 1 aliphatic rings. The predicted molar refractivity (Wildman–Crippen MR) is 77.8 cm³/mol. The monoisotopic (exact) mass is 293 g/mol. The van der Waals surface area contributed by atoms with Gasteiger partial charge in [0.05, 0.1) is 13.1 Å². The lowest BCUT2D eigenvalue weighted by Gasteiger charge is -2.17. The van der Waals surface area contributed by atoms with Crippen LogP contribution in [0, 0.1) is 11.8 Å². The van der Waals surface area contributed by atoms with Crippen molar-refractivity contribution >= 4 is 0 Å². The zero-order valence-electron chi connectivity index (χ0n) is 12.2. The lowest BCUT2D eigenvalue weighted by Crippen LogP contribution is -3.11. The van der Waals surface area contributed by atoms with Gasteiger partial charge in [-0.15, -0.1) is 0 Å². The summed E-state index contributed by atoms with van der Waals surface area (Å²) in [5.74, 6) is 6.21. The van der Waals surface area contributed by atoms with E-state index in [1.807, 2.05) is 30.3 Å². The number of hydrogen-bond acceptors (Lipinski definition) is 1. The molecule has 0 amide bonds. The smallest absolute Gasteiger partial charge is 0.148 e. The molecule has 0 aliphatic carbocycles. The van der Waals surface area contributed by atoms with E-state index < -0.39 is 5.60 Å². The molecular formula is C17H24ClNO. The van der Waals surface area contributed by atoms with Crippen LogP contribution in [0.25, 0.3) is 0 Å². The number of likely N-dealkylation sites (tertiary alicyclic amines) is 1. The molecule has 2 N–H and O–H groups in total. The fourth-order valence-corrected chi connectivity index (χ4v) is 2.58. The van der Waals surface area contributed by atoms with Gasteiger partial charge in [-0.3, -0.25) is 0 Å². The van der Waals surface area contributed by atoms with Gasteiger partial charge in [0.1, 0.15) is 12.1 Å². The SMILES string of the molecule is CC(O)(C#CC[NH+]1CCCCCC1)c1ccccc1.[Cl-]. The van der Waals surface area contributed by atoms with Gasteiger partial charge in [0.2, 0.25) is 0 Å². The molecule has 1 saturated heterocycles. The van der Waals surface area contributed by atoms with Gasteiger partial charge in [-0.2, -0.15) is 0 Å². The first-order valence-corrected chi connectivity index (χ1v) is 7.30. The Balaban J connectivity index is 0.00000200. The van der Waals surface area contributed by atoms with E-state index in [0.29, 0.717) is 0 Å². The molecule has 3 heteroatoms. The van der Waals surface area contributed by atoms with Gasteiger partial charge >= 0.3 is 0 Å². The van der Waals surface area contributed by atoms with E-state index in [1.165, 1.54) is 38.8 Å². The summed E-state index contributed by atoms with van der Waals surface area (Å²) in [5, 5.41) is 10.4. The molecule has 1 atom stereocenters. The fourth-order valence-electron chi connectivity index (χ4n) is 2.58. The summed E-state index contributed by atoms with van der Waals surface area (Å²) in [6.45, 7) is 5.07. The maximum atomic E-state index is 10.4. The number of hydrogen-bond donors (Lipinski definition) is 2. The van der Waals surface area contributed by atoms with E-state index in [2.05, 4.69) is 11.8 Å². The quantitative estimate of drug-likeness (QED) is 0.628. The van der Waals surface area contributed by atoms with Crippen LogP contribution >= 0.6 is 0 Å². The van der Waals surface area contributed by atoms with E-state index in [9.17, 15) is 5.11 Å². The summed E-state index contributed by atoms with van der Waals surface area (Å²) in [6, 6.07) is 9.67. The minimum atomic E-state index is -1.04. The van der Waals surface area contributed by atoms with Crippen molar-refractivity contribution in [3.8, 4) is 11.8 Å². The average molecular weight is 294 g/mol. The highest BCUT2D eigenvalue weighted by Gasteiger charge is 2.19. The Kier molecular flexibility index (Phi) is 7.09. The van der Waals surface area contributed by atoms with Gasteiger partial charge in [-0.1, -0.05) is 36.3 Å². The molecule has 0 bridgehead atoms. The number of halogens is 1. The van der Waals surface area contributed by atoms with Gasteiger partial charge < -0.3 is 22.4 Å². The highest BCUT2D eigenvalue weighted by molar-refractivity contribution is 5.30. The number of rotatable bonds is 2. The molecule has 1 aliphatic heterocycles. The highest BCUT2D eigenvalue weighted by Crippen LogP contribution is 2.18. The Labute approximate surface area is 128 Å². The van der Waals surface area contributed by atoms with E-state index in [0.717, 1.165) is 12.1 Å². The number of nitrogens with one attached hydrogen (secondary N) is 1. The van der Waals surface area contributed by atoms with Crippen LogP contribution in [0.1, 0.15) is 38.2 Å². The Bertz CT molecular complexity index is 439. The largest absolute Gasteiger partial charge is 1.00 e. The number of aliphatic hydroxyl groups is 1. The minimum Gasteiger partial charge on any atom is -1.00 e. The molecule has 0 saturated carbocycles. The molecule has 2 rings (SSSR count). The van der Waals surface area contributed by atoms with Crippen molar-refractivity contribution in [3.05, 3.63) is 35.9 Å². The van der Waals surface area contributed by atoms with Crippen LogP contribution in [0.2, 0.25) is 0 Å². The van der Waals surface area contributed by atoms with Crippen molar-refractivity contribution in [2.24, 2.45) is 0 Å². The normalized spacial score (nSPS) is 18.9. The molecule has 1 aromatic carbocycles. The lowest BCUT2D eigenvalue weighted by molar-refractivity contribution is -0.891. The first-order chi connectivity index (χ1) is 9.18. The van der Waals surface area contributed by atoms with Crippen LogP contribution in [0.3, 0.4) is 0 Å². The minimum absolute atomic E-state index is 0. The zero-order valence-corrected chi connectivity index (χ0v) is 12.9. The van der Waals surface area contributed by atoms with Crippen molar-refractivity contribution in [1.82, 2.24) is 0 Å². The van der Waals surface area contributed by atoms with Crippen molar-refractivity contribution < 1.29 is 22.4 Å². The van der Waals surface area contributed by atoms with Crippen molar-refractivity contribution in [1.29, 1.82) is 0 Å². The predicted octanol–water partition coefficient (Wildman–Crippen LogP) is -1.64. The number of quaternary nitrogens is 1. The summed E-state index contributed by atoms with van der Waals surface area (Å²) >= 11 is 0. The third-order valence-corrected chi connectivity index (χ3v) is 3.82. The molecule has 0 spiro atoms. The molecule has 0 aromatic heterocycles. The summed E-state index contributed by atoms with van der Waals surface area (Å²) in [4.78, 5) is 1.56. The van der Waals surface area contributed by atoms with Crippen LogP contribution in [-0.4, -0.2) is 24.7 Å². The van der Waals surface area contributed by atoms with Crippen LogP contribution in [0.4, 0.5) is 0 Å². The maximum absolute atomic E-state index is 10.4. The molecule has 1 aromatic rings. The maximum Gasteiger partial charge on any atom is 0.148 e. The molecule has 1 unspecified atom stereocenters. The first kappa shape index (κ1) is 17.0. The summed E-state index contributed by atoms with van der Waals surface area (Å²) in [5.41, 5.74) is -0.166. The molecule has 2 nitrogen and oxygen atoms in total. The number of benzene rings is 1. The second kappa shape index (κ2) is 8.32. The van der Waals surface area contributed by atoms with E-state index >= 15 is 0 Å². The van der Waals surface area contributed by atoms with E-state index in [1.54, 1.807) is 11.8 Å². The summed E-state index contributed by atoms with van der Waals surface area (Å²) in [7, 11) is 0. The lowest BCUT2D eigenvalue weighted by atomic mass is 9.97. The topological polar surface area (TPSA) is 24.7 Å². The Morgan fingerprint density at radius 3 is 2.30 bits per heavy atom. The van der Waals surface area contributed by atoms with Gasteiger partial charge in [-0.25, -0.2) is 0 Å². The first-order valence-electron chi connectivity index (χ1n) is 7.30.